The molecule has 24 heavy (non-hydrogen) atoms. The number of carbonyl (C=O) groups excluding carboxylic acids is 2. The number of hydrogen-bond donors (Lipinski definition) is 0. The second-order valence-electron chi connectivity index (χ2n) is 6.17. The molecule has 1 rings (SSSR count). The molecule has 5 nitrogen and oxygen atoms in total. The van der Waals surface area contributed by atoms with Crippen molar-refractivity contribution in [2.24, 2.45) is 5.92 Å². The van der Waals surface area contributed by atoms with Gasteiger partial charge >= 0.3 is 12.1 Å². The monoisotopic (exact) mass is 333 g/mol. The van der Waals surface area contributed by atoms with Crippen LogP contribution in [0.15, 0.2) is 36.4 Å². The Morgan fingerprint density at radius 1 is 1.00 bits per heavy atom. The minimum absolute atomic E-state index is 0.00699. The summed E-state index contributed by atoms with van der Waals surface area (Å²) in [6.07, 6.45) is 1.17. The third-order valence-corrected chi connectivity index (χ3v) is 3.55. The first kappa shape index (κ1) is 19.7. The number of ether oxygens (including phenoxy) is 2. The molecule has 0 N–H and O–H groups in total. The summed E-state index contributed by atoms with van der Waals surface area (Å²) in [4.78, 5) is 25.9. The molecular formula is C19H27NO4. The molecule has 0 radical (unpaired) electrons. The van der Waals surface area contributed by atoms with Crippen molar-refractivity contribution in [2.75, 3.05) is 7.11 Å². The predicted octanol–water partition coefficient (Wildman–Crippen LogP) is 4.09. The van der Waals surface area contributed by atoms with Crippen molar-refractivity contribution in [3.63, 3.8) is 0 Å². The van der Waals surface area contributed by atoms with Crippen LogP contribution in [0.25, 0.3) is 5.76 Å². The Balaban J connectivity index is 3.13. The molecule has 0 aliphatic rings. The van der Waals surface area contributed by atoms with Gasteiger partial charge in [-0.25, -0.2) is 4.79 Å². The average molecular weight is 333 g/mol. The summed E-state index contributed by atoms with van der Waals surface area (Å²) in [5.41, 5.74) is 0.731. The molecule has 0 saturated heterocycles. The first-order valence-corrected chi connectivity index (χ1v) is 8.13. The minimum atomic E-state index is -0.524. The van der Waals surface area contributed by atoms with Crippen molar-refractivity contribution < 1.29 is 19.1 Å². The molecule has 132 valence electrons. The molecule has 1 atom stereocenters. The van der Waals surface area contributed by atoms with Crippen LogP contribution in [0.1, 0.15) is 40.2 Å². The number of benzene rings is 1. The van der Waals surface area contributed by atoms with Gasteiger partial charge in [0.1, 0.15) is 5.76 Å². The predicted molar refractivity (Wildman–Crippen MR) is 94.2 cm³/mol. The zero-order valence-electron chi connectivity index (χ0n) is 15.3. The van der Waals surface area contributed by atoms with Crippen molar-refractivity contribution in [1.82, 2.24) is 4.90 Å². The van der Waals surface area contributed by atoms with Crippen LogP contribution in [0, 0.1) is 5.92 Å². The van der Waals surface area contributed by atoms with E-state index in [0.29, 0.717) is 5.76 Å². The van der Waals surface area contributed by atoms with E-state index in [1.54, 1.807) is 17.9 Å². The van der Waals surface area contributed by atoms with E-state index in [0.717, 1.165) is 5.56 Å². The third kappa shape index (κ3) is 5.41. The van der Waals surface area contributed by atoms with Gasteiger partial charge in [0, 0.05) is 17.6 Å². The zero-order valence-corrected chi connectivity index (χ0v) is 15.3. The fraction of sp³-hybridized carbons (Fsp3) is 0.474. The maximum Gasteiger partial charge on any atom is 0.415 e. The van der Waals surface area contributed by atoms with Gasteiger partial charge in [-0.1, -0.05) is 30.3 Å². The van der Waals surface area contributed by atoms with Crippen LogP contribution in [0.5, 0.6) is 0 Å². The number of rotatable bonds is 6. The number of nitrogens with zero attached hydrogens (tertiary/aromatic N) is 1. The van der Waals surface area contributed by atoms with Crippen molar-refractivity contribution in [2.45, 2.75) is 46.7 Å². The van der Waals surface area contributed by atoms with Crippen LogP contribution in [0.4, 0.5) is 4.79 Å². The summed E-state index contributed by atoms with van der Waals surface area (Å²) < 4.78 is 10.4. The fourth-order valence-electron chi connectivity index (χ4n) is 2.44. The van der Waals surface area contributed by atoms with Crippen LogP contribution < -0.4 is 0 Å². The Morgan fingerprint density at radius 3 is 2.00 bits per heavy atom. The average Bonchev–Trinajstić information content (AvgIpc) is 2.53. The lowest BCUT2D eigenvalue weighted by atomic mass is 10.1. The van der Waals surface area contributed by atoms with Gasteiger partial charge in [0.15, 0.2) is 0 Å². The molecule has 0 aliphatic carbocycles. The highest BCUT2D eigenvalue weighted by Gasteiger charge is 2.24. The SMILES string of the molecule is COC(=O)[C@@H](C)/C=C(\OC(=O)N(C(C)C)C(C)C)c1ccccc1. The first-order chi connectivity index (χ1) is 11.3. The molecule has 0 saturated carbocycles. The smallest absolute Gasteiger partial charge is 0.415 e. The molecule has 1 aromatic rings. The quantitative estimate of drug-likeness (QED) is 0.581. The van der Waals surface area contributed by atoms with Gasteiger partial charge in [-0.05, 0) is 40.7 Å². The summed E-state index contributed by atoms with van der Waals surface area (Å²) in [6.45, 7) is 9.44. The van der Waals surface area contributed by atoms with Crippen LogP contribution in [-0.2, 0) is 14.3 Å². The topological polar surface area (TPSA) is 55.8 Å². The maximum atomic E-state index is 12.6. The molecular weight excluding hydrogens is 306 g/mol. The summed E-state index contributed by atoms with van der Waals surface area (Å²) >= 11 is 0. The highest BCUT2D eigenvalue weighted by molar-refractivity contribution is 5.81. The lowest BCUT2D eigenvalue weighted by Gasteiger charge is -2.30. The molecule has 0 heterocycles. The molecule has 0 aromatic heterocycles. The zero-order chi connectivity index (χ0) is 18.3. The van der Waals surface area contributed by atoms with Gasteiger partial charge in [0.2, 0.25) is 0 Å². The number of hydrogen-bond acceptors (Lipinski definition) is 4. The van der Waals surface area contributed by atoms with Gasteiger partial charge in [0.05, 0.1) is 13.0 Å². The molecule has 1 aromatic carbocycles. The molecule has 1 amide bonds. The molecule has 0 spiro atoms. The molecule has 0 aliphatic heterocycles. The Bertz CT molecular complexity index is 570. The number of methoxy groups -OCH3 is 1. The van der Waals surface area contributed by atoms with E-state index in [1.165, 1.54) is 7.11 Å². The Kier molecular flexibility index (Phi) is 7.49. The first-order valence-electron chi connectivity index (χ1n) is 8.13. The minimum Gasteiger partial charge on any atom is -0.469 e. The van der Waals surface area contributed by atoms with E-state index >= 15 is 0 Å². The van der Waals surface area contributed by atoms with Crippen molar-refractivity contribution >= 4 is 17.8 Å². The Hall–Kier alpha value is -2.30. The van der Waals surface area contributed by atoms with E-state index < -0.39 is 12.0 Å². The van der Waals surface area contributed by atoms with Crippen LogP contribution in [0.3, 0.4) is 0 Å². The lowest BCUT2D eigenvalue weighted by molar-refractivity contribution is -0.143. The third-order valence-electron chi connectivity index (χ3n) is 3.55. The summed E-state index contributed by atoms with van der Waals surface area (Å²) in [5, 5.41) is 0. The molecule has 0 unspecified atom stereocenters. The van der Waals surface area contributed by atoms with E-state index in [9.17, 15) is 9.59 Å². The Labute approximate surface area is 144 Å². The molecule has 5 heteroatoms. The van der Waals surface area contributed by atoms with Crippen molar-refractivity contribution in [3.8, 4) is 0 Å². The largest absolute Gasteiger partial charge is 0.469 e. The lowest BCUT2D eigenvalue weighted by Crippen LogP contribution is -2.42. The van der Waals surface area contributed by atoms with E-state index in [1.807, 2.05) is 58.0 Å². The van der Waals surface area contributed by atoms with Crippen LogP contribution >= 0.6 is 0 Å². The normalized spacial score (nSPS) is 12.9. The standard InChI is InChI=1S/C19H27NO4/c1-13(2)20(14(3)4)19(22)24-17(12-15(5)18(21)23-6)16-10-8-7-9-11-16/h7-15H,1-6H3/b17-12-/t15-/m0/s1. The van der Waals surface area contributed by atoms with Gasteiger partial charge < -0.3 is 14.4 Å². The highest BCUT2D eigenvalue weighted by atomic mass is 16.6. The van der Waals surface area contributed by atoms with Crippen LogP contribution in [0.2, 0.25) is 0 Å². The van der Waals surface area contributed by atoms with Gasteiger partial charge in [-0.3, -0.25) is 4.79 Å². The summed E-state index contributed by atoms with van der Waals surface area (Å²) in [6, 6.07) is 9.25. The van der Waals surface area contributed by atoms with Gasteiger partial charge in [-0.15, -0.1) is 0 Å². The van der Waals surface area contributed by atoms with Gasteiger partial charge in [-0.2, -0.15) is 0 Å². The fourth-order valence-corrected chi connectivity index (χ4v) is 2.44. The van der Waals surface area contributed by atoms with E-state index in [4.69, 9.17) is 9.47 Å². The number of carbonyl (C=O) groups is 2. The molecule has 0 bridgehead atoms. The molecule has 0 fully saturated rings. The summed E-state index contributed by atoms with van der Waals surface area (Å²) in [5.74, 6) is -0.557. The number of amides is 1. The van der Waals surface area contributed by atoms with Gasteiger partial charge in [0.25, 0.3) is 0 Å². The Morgan fingerprint density at radius 2 is 1.54 bits per heavy atom. The van der Waals surface area contributed by atoms with E-state index in [2.05, 4.69) is 0 Å². The maximum absolute atomic E-state index is 12.6. The number of esters is 1. The highest BCUT2D eigenvalue weighted by Crippen LogP contribution is 2.21. The second-order valence-corrected chi connectivity index (χ2v) is 6.17. The summed E-state index contributed by atoms with van der Waals surface area (Å²) in [7, 11) is 1.33. The van der Waals surface area contributed by atoms with E-state index in [-0.39, 0.29) is 18.1 Å². The second kappa shape index (κ2) is 9.11. The van der Waals surface area contributed by atoms with Crippen molar-refractivity contribution in [1.29, 1.82) is 0 Å². The van der Waals surface area contributed by atoms with Crippen LogP contribution in [-0.4, -0.2) is 36.2 Å². The van der Waals surface area contributed by atoms with Crippen molar-refractivity contribution in [3.05, 3.63) is 42.0 Å².